The van der Waals surface area contributed by atoms with Crippen molar-refractivity contribution >= 4 is 35.9 Å². The van der Waals surface area contributed by atoms with Crippen LogP contribution in [0.2, 0.25) is 5.02 Å². The number of halogens is 2. The number of benzene rings is 2. The molecule has 0 amide bonds. The number of fused-ring (bicyclic) bond motifs is 1. The van der Waals surface area contributed by atoms with Gasteiger partial charge in [-0.15, -0.1) is 0 Å². The molecule has 2 N–H and O–H groups in total. The molecule has 0 unspecified atom stereocenters. The number of hydrogen-bond donors (Lipinski definition) is 2. The standard InChI is InChI=1S/C20H16ClFN2.CH2O/c1-12-3-2-4-17(21)19(12)15-9-14-10-18(24-20(14)23-11-15)13-5-7-16(22)8-6-13;1-2/h2-10,23-24H,11H2,1H3;1H2. The topological polar surface area (TPSA) is 44.9 Å². The SMILES string of the molecule is C=O.Cc1cccc(Cl)c1C1=Cc2cc(-c3ccc(F)cc3)[nH]c2NC1. The third-order valence-electron chi connectivity index (χ3n) is 4.33. The van der Waals surface area contributed by atoms with Crippen LogP contribution in [-0.2, 0) is 4.79 Å². The van der Waals surface area contributed by atoms with Crippen LogP contribution in [0.5, 0.6) is 0 Å². The lowest BCUT2D eigenvalue weighted by Crippen LogP contribution is -2.10. The number of aromatic amines is 1. The smallest absolute Gasteiger partial charge is 0.123 e. The Balaban J connectivity index is 0.000000948. The maximum absolute atomic E-state index is 13.1. The van der Waals surface area contributed by atoms with Crippen molar-refractivity contribution < 1.29 is 9.18 Å². The minimum absolute atomic E-state index is 0.232. The predicted octanol–water partition coefficient (Wildman–Crippen LogP) is 5.56. The second-order valence-corrected chi connectivity index (χ2v) is 6.38. The number of H-pyrrole nitrogens is 1. The van der Waals surface area contributed by atoms with Gasteiger partial charge in [0, 0.05) is 28.4 Å². The van der Waals surface area contributed by atoms with Crippen molar-refractivity contribution in [2.45, 2.75) is 6.92 Å². The highest BCUT2D eigenvalue weighted by Gasteiger charge is 2.17. The number of aryl methyl sites for hydroxylation is 1. The molecule has 1 aliphatic heterocycles. The Kier molecular flexibility index (Phi) is 5.24. The Morgan fingerprint density at radius 1 is 1.12 bits per heavy atom. The van der Waals surface area contributed by atoms with Crippen LogP contribution in [0.15, 0.2) is 48.5 Å². The van der Waals surface area contributed by atoms with Crippen molar-refractivity contribution in [3.8, 4) is 11.3 Å². The average molecular weight is 369 g/mol. The highest BCUT2D eigenvalue weighted by molar-refractivity contribution is 6.32. The third-order valence-corrected chi connectivity index (χ3v) is 4.65. The second kappa shape index (κ2) is 7.58. The fourth-order valence-corrected chi connectivity index (χ4v) is 3.48. The number of anilines is 1. The van der Waals surface area contributed by atoms with Crippen LogP contribution in [0, 0.1) is 12.7 Å². The normalized spacial score (nSPS) is 12.3. The first-order valence-corrected chi connectivity index (χ1v) is 8.47. The number of aromatic nitrogens is 1. The van der Waals surface area contributed by atoms with E-state index in [2.05, 4.69) is 35.4 Å². The summed E-state index contributed by atoms with van der Waals surface area (Å²) in [6, 6.07) is 14.5. The average Bonchev–Trinajstić information content (AvgIpc) is 3.07. The van der Waals surface area contributed by atoms with E-state index in [-0.39, 0.29) is 5.82 Å². The Morgan fingerprint density at radius 2 is 1.85 bits per heavy atom. The summed E-state index contributed by atoms with van der Waals surface area (Å²) in [5.74, 6) is 0.743. The van der Waals surface area contributed by atoms with E-state index < -0.39 is 0 Å². The van der Waals surface area contributed by atoms with E-state index >= 15 is 0 Å². The monoisotopic (exact) mass is 368 g/mol. The van der Waals surface area contributed by atoms with Crippen LogP contribution < -0.4 is 5.32 Å². The molecule has 0 atom stereocenters. The molecule has 0 aliphatic carbocycles. The molecule has 26 heavy (non-hydrogen) atoms. The molecule has 132 valence electrons. The maximum atomic E-state index is 13.1. The fraction of sp³-hybridized carbons (Fsp3) is 0.0952. The lowest BCUT2D eigenvalue weighted by atomic mass is 9.97. The van der Waals surface area contributed by atoms with Gasteiger partial charge in [-0.3, -0.25) is 0 Å². The van der Waals surface area contributed by atoms with Gasteiger partial charge < -0.3 is 15.1 Å². The van der Waals surface area contributed by atoms with Gasteiger partial charge in [0.25, 0.3) is 0 Å². The Labute approximate surface area is 156 Å². The number of carbonyl (C=O) groups is 1. The maximum Gasteiger partial charge on any atom is 0.123 e. The van der Waals surface area contributed by atoms with Gasteiger partial charge in [-0.1, -0.05) is 23.7 Å². The molecule has 0 saturated carbocycles. The van der Waals surface area contributed by atoms with Gasteiger partial charge >= 0.3 is 0 Å². The summed E-state index contributed by atoms with van der Waals surface area (Å²) >= 11 is 6.39. The number of hydrogen-bond acceptors (Lipinski definition) is 2. The van der Waals surface area contributed by atoms with Crippen molar-refractivity contribution in [2.75, 3.05) is 11.9 Å². The molecular formula is C21H18ClFN2O. The van der Waals surface area contributed by atoms with Crippen LogP contribution >= 0.6 is 11.6 Å². The lowest BCUT2D eigenvalue weighted by Gasteiger charge is -2.18. The van der Waals surface area contributed by atoms with E-state index in [1.54, 1.807) is 12.1 Å². The van der Waals surface area contributed by atoms with Crippen LogP contribution in [0.3, 0.4) is 0 Å². The highest BCUT2D eigenvalue weighted by atomic mass is 35.5. The van der Waals surface area contributed by atoms with Gasteiger partial charge in [-0.2, -0.15) is 0 Å². The van der Waals surface area contributed by atoms with Gasteiger partial charge in [0.1, 0.15) is 18.4 Å². The zero-order valence-electron chi connectivity index (χ0n) is 14.3. The first-order valence-electron chi connectivity index (χ1n) is 8.09. The van der Waals surface area contributed by atoms with E-state index in [9.17, 15) is 4.39 Å². The van der Waals surface area contributed by atoms with E-state index in [0.29, 0.717) is 6.54 Å². The number of rotatable bonds is 2. The first kappa shape index (κ1) is 18.0. The molecule has 4 rings (SSSR count). The molecule has 3 aromatic rings. The van der Waals surface area contributed by atoms with Gasteiger partial charge in [0.05, 0.1) is 0 Å². The Morgan fingerprint density at radius 3 is 2.54 bits per heavy atom. The van der Waals surface area contributed by atoms with Crippen molar-refractivity contribution in [1.29, 1.82) is 0 Å². The molecule has 2 aromatic carbocycles. The van der Waals surface area contributed by atoms with E-state index in [1.165, 1.54) is 12.1 Å². The van der Waals surface area contributed by atoms with Crippen LogP contribution in [-0.4, -0.2) is 18.3 Å². The molecule has 2 heterocycles. The Hall–Kier alpha value is -2.85. The zero-order chi connectivity index (χ0) is 18.7. The highest BCUT2D eigenvalue weighted by Crippen LogP contribution is 2.35. The quantitative estimate of drug-likeness (QED) is 0.621. The zero-order valence-corrected chi connectivity index (χ0v) is 15.0. The predicted molar refractivity (Wildman–Crippen MR) is 106 cm³/mol. The summed E-state index contributed by atoms with van der Waals surface area (Å²) in [7, 11) is 0. The van der Waals surface area contributed by atoms with Gasteiger partial charge in [-0.05, 0) is 66.1 Å². The van der Waals surface area contributed by atoms with E-state index in [1.807, 2.05) is 18.9 Å². The summed E-state index contributed by atoms with van der Waals surface area (Å²) in [6.07, 6.45) is 2.16. The van der Waals surface area contributed by atoms with Crippen LogP contribution in [0.25, 0.3) is 22.9 Å². The summed E-state index contributed by atoms with van der Waals surface area (Å²) in [6.45, 7) is 4.78. The fourth-order valence-electron chi connectivity index (χ4n) is 3.14. The summed E-state index contributed by atoms with van der Waals surface area (Å²) < 4.78 is 13.1. The van der Waals surface area contributed by atoms with E-state index in [0.717, 1.165) is 44.4 Å². The molecule has 3 nitrogen and oxygen atoms in total. The molecular weight excluding hydrogens is 351 g/mol. The van der Waals surface area contributed by atoms with E-state index in [4.69, 9.17) is 16.4 Å². The minimum atomic E-state index is -0.232. The third kappa shape index (κ3) is 3.41. The summed E-state index contributed by atoms with van der Waals surface area (Å²) in [4.78, 5) is 11.4. The molecule has 0 bridgehead atoms. The van der Waals surface area contributed by atoms with Gasteiger partial charge in [0.2, 0.25) is 0 Å². The van der Waals surface area contributed by atoms with Crippen LogP contribution in [0.4, 0.5) is 10.2 Å². The number of nitrogens with one attached hydrogen (secondary N) is 2. The van der Waals surface area contributed by atoms with Crippen molar-refractivity contribution in [3.05, 3.63) is 76.1 Å². The van der Waals surface area contributed by atoms with Gasteiger partial charge in [-0.25, -0.2) is 4.39 Å². The van der Waals surface area contributed by atoms with Crippen LogP contribution in [0.1, 0.15) is 16.7 Å². The largest absolute Gasteiger partial charge is 0.367 e. The molecule has 1 aromatic heterocycles. The lowest BCUT2D eigenvalue weighted by molar-refractivity contribution is -0.0979. The number of carbonyl (C=O) groups excluding carboxylic acids is 1. The van der Waals surface area contributed by atoms with Gasteiger partial charge in [0.15, 0.2) is 0 Å². The minimum Gasteiger partial charge on any atom is -0.367 e. The van der Waals surface area contributed by atoms with Crippen molar-refractivity contribution in [1.82, 2.24) is 4.98 Å². The molecule has 1 aliphatic rings. The molecule has 5 heteroatoms. The molecule has 0 fully saturated rings. The Bertz CT molecular complexity index is 940. The molecule has 0 spiro atoms. The molecule has 0 saturated heterocycles. The van der Waals surface area contributed by atoms with Crippen molar-refractivity contribution in [3.63, 3.8) is 0 Å². The summed E-state index contributed by atoms with van der Waals surface area (Å²) in [5, 5.41) is 4.18. The summed E-state index contributed by atoms with van der Waals surface area (Å²) in [5.41, 5.74) is 6.40. The van der Waals surface area contributed by atoms with Crippen molar-refractivity contribution in [2.24, 2.45) is 0 Å². The molecule has 0 radical (unpaired) electrons. The first-order chi connectivity index (χ1) is 12.6. The second-order valence-electron chi connectivity index (χ2n) is 5.98.